The van der Waals surface area contributed by atoms with Crippen LogP contribution in [0.15, 0.2) is 36.5 Å². The Morgan fingerprint density at radius 3 is 2.61 bits per heavy atom. The Morgan fingerprint density at radius 2 is 1.79 bits per heavy atom. The molecular formula is C25H31N7O. The van der Waals surface area contributed by atoms with Gasteiger partial charge in [-0.2, -0.15) is 9.61 Å². The minimum atomic E-state index is 0.0633. The number of anilines is 2. The molecule has 1 aromatic carbocycles. The van der Waals surface area contributed by atoms with Crippen molar-refractivity contribution in [3.8, 4) is 0 Å². The molecule has 0 radical (unpaired) electrons. The molecular weight excluding hydrogens is 414 g/mol. The number of piperazine rings is 1. The molecule has 8 heteroatoms. The van der Waals surface area contributed by atoms with Gasteiger partial charge in [0.15, 0.2) is 5.65 Å². The van der Waals surface area contributed by atoms with Crippen molar-refractivity contribution in [2.75, 3.05) is 62.2 Å². The predicted octanol–water partition coefficient (Wildman–Crippen LogP) is 1.51. The number of rotatable bonds is 3. The summed E-state index contributed by atoms with van der Waals surface area (Å²) in [6.07, 6.45) is 3.70. The summed E-state index contributed by atoms with van der Waals surface area (Å²) in [7, 11) is 0. The fraction of sp³-hybridized carbons (Fsp3) is 0.480. The van der Waals surface area contributed by atoms with Crippen LogP contribution < -0.4 is 15.1 Å². The van der Waals surface area contributed by atoms with E-state index in [1.165, 1.54) is 22.5 Å². The lowest BCUT2D eigenvalue weighted by atomic mass is 9.96. The second-order valence-corrected chi connectivity index (χ2v) is 9.41. The predicted molar refractivity (Wildman–Crippen MR) is 129 cm³/mol. The summed E-state index contributed by atoms with van der Waals surface area (Å²) in [6, 6.07) is 10.5. The number of hydrogen-bond acceptors (Lipinski definition) is 6. The first-order chi connectivity index (χ1) is 16.2. The molecule has 1 N–H and O–H groups in total. The highest BCUT2D eigenvalue weighted by Gasteiger charge is 2.39. The van der Waals surface area contributed by atoms with E-state index in [1.54, 1.807) is 0 Å². The van der Waals surface area contributed by atoms with E-state index in [0.29, 0.717) is 5.91 Å². The summed E-state index contributed by atoms with van der Waals surface area (Å²) >= 11 is 0. The number of para-hydroxylation sites is 1. The van der Waals surface area contributed by atoms with Gasteiger partial charge in [0.1, 0.15) is 5.82 Å². The van der Waals surface area contributed by atoms with Gasteiger partial charge in [-0.15, -0.1) is 0 Å². The molecule has 0 spiro atoms. The van der Waals surface area contributed by atoms with E-state index in [2.05, 4.69) is 56.3 Å². The van der Waals surface area contributed by atoms with Crippen LogP contribution in [-0.4, -0.2) is 77.8 Å². The van der Waals surface area contributed by atoms with Crippen LogP contribution in [-0.2, 0) is 17.6 Å². The lowest BCUT2D eigenvalue weighted by molar-refractivity contribution is -0.136. The summed E-state index contributed by atoms with van der Waals surface area (Å²) < 4.78 is 1.96. The van der Waals surface area contributed by atoms with Gasteiger partial charge >= 0.3 is 0 Å². The molecule has 5 heterocycles. The number of carbonyl (C=O) groups excluding carboxylic acids is 1. The average Bonchev–Trinajstić information content (AvgIpc) is 3.15. The molecule has 33 heavy (non-hydrogen) atoms. The van der Waals surface area contributed by atoms with E-state index in [4.69, 9.17) is 4.98 Å². The van der Waals surface area contributed by atoms with Crippen molar-refractivity contribution in [1.29, 1.82) is 0 Å². The maximum atomic E-state index is 13.3. The van der Waals surface area contributed by atoms with Crippen LogP contribution >= 0.6 is 0 Å². The maximum absolute atomic E-state index is 13.3. The number of carbonyl (C=O) groups is 1. The van der Waals surface area contributed by atoms with E-state index < -0.39 is 0 Å². The molecule has 3 aliphatic heterocycles. The average molecular weight is 446 g/mol. The Hall–Kier alpha value is -3.13. The second-order valence-electron chi connectivity index (χ2n) is 9.41. The zero-order valence-corrected chi connectivity index (χ0v) is 19.2. The molecule has 6 rings (SSSR count). The highest BCUT2D eigenvalue weighted by molar-refractivity contribution is 5.82. The largest absolute Gasteiger partial charge is 0.368 e. The molecule has 1 amide bonds. The topological polar surface area (TPSA) is 69.0 Å². The standard InChI is InChI=1S/C25H31N7O/c1-18-4-2-3-5-22(18)29-12-14-30(15-13-29)25(33)19-16-31(17-19)24-20-6-9-26-10-7-21(20)28-23-8-11-27-32(23)24/h2-5,8,11,19,26H,6-7,9-10,12-17H2,1H3. The van der Waals surface area contributed by atoms with Crippen molar-refractivity contribution in [3.63, 3.8) is 0 Å². The minimum Gasteiger partial charge on any atom is -0.368 e. The fourth-order valence-corrected chi connectivity index (χ4v) is 5.49. The number of aryl methyl sites for hydroxylation is 1. The number of hydrogen-bond donors (Lipinski definition) is 1. The Bertz CT molecular complexity index is 1170. The van der Waals surface area contributed by atoms with Gasteiger partial charge in [-0.3, -0.25) is 4.79 Å². The third kappa shape index (κ3) is 3.62. The number of fused-ring (bicyclic) bond motifs is 2. The SMILES string of the molecule is Cc1ccccc1N1CCN(C(=O)C2CN(c3c4c(nc5ccnn35)CCNCC4)C2)CC1. The highest BCUT2D eigenvalue weighted by Crippen LogP contribution is 2.32. The Balaban J connectivity index is 1.14. The van der Waals surface area contributed by atoms with Gasteiger partial charge in [0, 0.05) is 69.6 Å². The van der Waals surface area contributed by atoms with Crippen molar-refractivity contribution >= 4 is 23.1 Å². The molecule has 0 bridgehead atoms. The van der Waals surface area contributed by atoms with E-state index in [9.17, 15) is 4.79 Å². The van der Waals surface area contributed by atoms with E-state index in [-0.39, 0.29) is 5.92 Å². The van der Waals surface area contributed by atoms with Crippen LogP contribution in [0.25, 0.3) is 5.65 Å². The van der Waals surface area contributed by atoms with Gasteiger partial charge in [0.05, 0.1) is 17.8 Å². The number of benzene rings is 1. The van der Waals surface area contributed by atoms with Crippen molar-refractivity contribution < 1.29 is 4.79 Å². The van der Waals surface area contributed by atoms with Crippen LogP contribution in [0.3, 0.4) is 0 Å². The molecule has 2 aromatic heterocycles. The lowest BCUT2D eigenvalue weighted by Crippen LogP contribution is -2.58. The van der Waals surface area contributed by atoms with E-state index >= 15 is 0 Å². The molecule has 0 aliphatic carbocycles. The van der Waals surface area contributed by atoms with E-state index in [1.807, 2.05) is 16.8 Å². The van der Waals surface area contributed by atoms with Crippen molar-refractivity contribution in [3.05, 3.63) is 53.3 Å². The zero-order chi connectivity index (χ0) is 22.4. The van der Waals surface area contributed by atoms with Crippen LogP contribution in [0.1, 0.15) is 16.8 Å². The summed E-state index contributed by atoms with van der Waals surface area (Å²) in [5.74, 6) is 1.50. The molecule has 0 unspecified atom stereocenters. The van der Waals surface area contributed by atoms with Gasteiger partial charge in [-0.1, -0.05) is 18.2 Å². The third-order valence-corrected chi connectivity index (χ3v) is 7.36. The quantitative estimate of drug-likeness (QED) is 0.659. The monoisotopic (exact) mass is 445 g/mol. The molecule has 0 saturated carbocycles. The third-order valence-electron chi connectivity index (χ3n) is 7.36. The van der Waals surface area contributed by atoms with Gasteiger partial charge < -0.3 is 20.0 Å². The fourth-order valence-electron chi connectivity index (χ4n) is 5.49. The number of aromatic nitrogens is 3. The van der Waals surface area contributed by atoms with Crippen molar-refractivity contribution in [2.24, 2.45) is 5.92 Å². The molecule has 3 aliphatic rings. The first-order valence-corrected chi connectivity index (χ1v) is 12.1. The van der Waals surface area contributed by atoms with E-state index in [0.717, 1.165) is 76.7 Å². The summed E-state index contributed by atoms with van der Waals surface area (Å²) in [5, 5.41) is 8.03. The van der Waals surface area contributed by atoms with Gasteiger partial charge in [-0.25, -0.2) is 4.98 Å². The molecule has 3 aromatic rings. The first-order valence-electron chi connectivity index (χ1n) is 12.1. The maximum Gasteiger partial charge on any atom is 0.229 e. The second kappa shape index (κ2) is 8.33. The summed E-state index contributed by atoms with van der Waals surface area (Å²) in [5.41, 5.74) is 5.94. The Morgan fingerprint density at radius 1 is 1.00 bits per heavy atom. The lowest BCUT2D eigenvalue weighted by Gasteiger charge is -2.44. The molecule has 0 atom stereocenters. The first kappa shape index (κ1) is 20.5. The smallest absolute Gasteiger partial charge is 0.229 e. The van der Waals surface area contributed by atoms with Crippen LogP contribution in [0.5, 0.6) is 0 Å². The van der Waals surface area contributed by atoms with Crippen LogP contribution in [0.4, 0.5) is 11.5 Å². The van der Waals surface area contributed by atoms with Crippen LogP contribution in [0, 0.1) is 12.8 Å². The Labute approximate surface area is 194 Å². The number of nitrogens with zero attached hydrogens (tertiary/aromatic N) is 6. The Kier molecular flexibility index (Phi) is 5.17. The summed E-state index contributed by atoms with van der Waals surface area (Å²) in [6.45, 7) is 8.97. The zero-order valence-electron chi connectivity index (χ0n) is 19.2. The van der Waals surface area contributed by atoms with Gasteiger partial charge in [0.2, 0.25) is 5.91 Å². The molecule has 172 valence electrons. The normalized spacial score (nSPS) is 19.4. The minimum absolute atomic E-state index is 0.0633. The highest BCUT2D eigenvalue weighted by atomic mass is 16.2. The number of amides is 1. The molecule has 2 fully saturated rings. The van der Waals surface area contributed by atoms with Crippen molar-refractivity contribution in [1.82, 2.24) is 24.8 Å². The molecule has 2 saturated heterocycles. The summed E-state index contributed by atoms with van der Waals surface area (Å²) in [4.78, 5) is 24.9. The molecule has 8 nitrogen and oxygen atoms in total. The number of nitrogens with one attached hydrogen (secondary N) is 1. The van der Waals surface area contributed by atoms with Gasteiger partial charge in [-0.05, 0) is 31.5 Å². The van der Waals surface area contributed by atoms with Crippen LogP contribution in [0.2, 0.25) is 0 Å². The van der Waals surface area contributed by atoms with Crippen molar-refractivity contribution in [2.45, 2.75) is 19.8 Å². The van der Waals surface area contributed by atoms with Gasteiger partial charge in [0.25, 0.3) is 0 Å².